The quantitative estimate of drug-likeness (QED) is 0.443. The molecular weight excluding hydrogens is 489 g/mol. The van der Waals surface area contributed by atoms with Crippen LogP contribution in [-0.2, 0) is 0 Å². The van der Waals surface area contributed by atoms with Crippen LogP contribution in [0.1, 0.15) is 18.4 Å². The van der Waals surface area contributed by atoms with E-state index in [0.29, 0.717) is 36.9 Å². The zero-order valence-electron chi connectivity index (χ0n) is 21.3. The first-order chi connectivity index (χ1) is 18.5. The number of benzene rings is 2. The number of fused-ring (bicyclic) bond motifs is 2. The minimum atomic E-state index is -0.847. The van der Waals surface area contributed by atoms with E-state index in [4.69, 9.17) is 4.74 Å². The van der Waals surface area contributed by atoms with Crippen molar-refractivity contribution in [3.63, 3.8) is 0 Å². The molecule has 6 rings (SSSR count). The van der Waals surface area contributed by atoms with Crippen molar-refractivity contribution in [2.24, 2.45) is 0 Å². The number of ether oxygens (including phenoxy) is 1. The summed E-state index contributed by atoms with van der Waals surface area (Å²) in [5, 5.41) is 32.9. The molecule has 0 atom stereocenters. The molecule has 9 nitrogen and oxygen atoms in total. The molecule has 0 amide bonds. The summed E-state index contributed by atoms with van der Waals surface area (Å²) in [6.07, 6.45) is 7.29. The van der Waals surface area contributed by atoms with Crippen LogP contribution in [0.5, 0.6) is 17.2 Å². The minimum Gasteiger partial charge on any atom is -0.503 e. The lowest BCUT2D eigenvalue weighted by atomic mass is 10.00. The number of hydrogen-bond donors (Lipinski definition) is 3. The third-order valence-electron chi connectivity index (χ3n) is 8.04. The third kappa shape index (κ3) is 4.13. The highest BCUT2D eigenvalue weighted by Crippen LogP contribution is 2.45. The van der Waals surface area contributed by atoms with Crippen molar-refractivity contribution in [2.45, 2.75) is 18.9 Å². The Morgan fingerprint density at radius 3 is 2.47 bits per heavy atom. The second-order valence-electron chi connectivity index (χ2n) is 10.1. The standard InChI is InChI=1S/C28H32FN5O4/c1-38-20-16-18-4-3-9-34(37)25(18)22(17-20)32-14-12-31(13-15-32)19-6-10-33(11-7-19)26-24-21(5-2-8-30-24)23(29)27(35)28(26)36/h2-5,8,16-17,19,35-37H,6-7,9-15H2,1H3. The van der Waals surface area contributed by atoms with Crippen molar-refractivity contribution in [1.82, 2.24) is 9.88 Å². The molecule has 2 aromatic carbocycles. The van der Waals surface area contributed by atoms with E-state index in [9.17, 15) is 19.8 Å². The summed E-state index contributed by atoms with van der Waals surface area (Å²) in [6, 6.07) is 7.52. The monoisotopic (exact) mass is 521 g/mol. The van der Waals surface area contributed by atoms with E-state index in [1.54, 1.807) is 25.4 Å². The van der Waals surface area contributed by atoms with Gasteiger partial charge in [0.2, 0.25) is 0 Å². The first-order valence-electron chi connectivity index (χ1n) is 13.0. The van der Waals surface area contributed by atoms with Crippen LogP contribution in [0.2, 0.25) is 0 Å². The highest BCUT2D eigenvalue weighted by Gasteiger charge is 2.32. The van der Waals surface area contributed by atoms with E-state index in [2.05, 4.69) is 14.8 Å². The lowest BCUT2D eigenvalue weighted by Gasteiger charge is -2.44. The molecule has 4 heterocycles. The molecule has 10 heteroatoms. The Hall–Kier alpha value is -3.76. The molecule has 1 aromatic heterocycles. The van der Waals surface area contributed by atoms with Crippen molar-refractivity contribution >= 4 is 34.0 Å². The number of hydrogen-bond acceptors (Lipinski definition) is 9. The Morgan fingerprint density at radius 2 is 1.74 bits per heavy atom. The molecule has 0 saturated carbocycles. The van der Waals surface area contributed by atoms with E-state index in [-0.39, 0.29) is 5.39 Å². The number of anilines is 3. The fourth-order valence-electron chi connectivity index (χ4n) is 6.06. The van der Waals surface area contributed by atoms with Gasteiger partial charge in [-0.15, -0.1) is 0 Å². The van der Waals surface area contributed by atoms with Crippen molar-refractivity contribution in [2.75, 3.05) is 67.8 Å². The highest BCUT2D eigenvalue weighted by molar-refractivity contribution is 5.97. The first-order valence-corrected chi connectivity index (χ1v) is 13.0. The van der Waals surface area contributed by atoms with Gasteiger partial charge in [0.15, 0.2) is 17.3 Å². The van der Waals surface area contributed by atoms with Crippen LogP contribution >= 0.6 is 0 Å². The molecule has 38 heavy (non-hydrogen) atoms. The van der Waals surface area contributed by atoms with E-state index in [1.807, 2.05) is 29.2 Å². The van der Waals surface area contributed by atoms with Crippen LogP contribution in [0.25, 0.3) is 17.0 Å². The predicted molar refractivity (Wildman–Crippen MR) is 145 cm³/mol. The summed E-state index contributed by atoms with van der Waals surface area (Å²) in [4.78, 5) is 11.1. The number of nitrogens with zero attached hydrogens (tertiary/aromatic N) is 5. The van der Waals surface area contributed by atoms with E-state index in [0.717, 1.165) is 61.7 Å². The number of aromatic nitrogens is 1. The number of phenols is 2. The van der Waals surface area contributed by atoms with Gasteiger partial charge in [-0.3, -0.25) is 20.2 Å². The van der Waals surface area contributed by atoms with Gasteiger partial charge >= 0.3 is 0 Å². The topological polar surface area (TPSA) is 95.8 Å². The number of halogens is 1. The molecular formula is C28H32FN5O4. The molecule has 3 aliphatic rings. The average Bonchev–Trinajstić information content (AvgIpc) is 2.96. The van der Waals surface area contributed by atoms with Crippen LogP contribution in [0.4, 0.5) is 21.5 Å². The average molecular weight is 522 g/mol. The number of piperazine rings is 1. The lowest BCUT2D eigenvalue weighted by molar-refractivity contribution is 0.159. The van der Waals surface area contributed by atoms with Gasteiger partial charge in [-0.05, 0) is 31.0 Å². The van der Waals surface area contributed by atoms with Gasteiger partial charge in [0.05, 0.1) is 25.0 Å². The van der Waals surface area contributed by atoms with Gasteiger partial charge in [0.25, 0.3) is 0 Å². The lowest BCUT2D eigenvalue weighted by Crippen LogP contribution is -2.53. The largest absolute Gasteiger partial charge is 0.503 e. The van der Waals surface area contributed by atoms with Gasteiger partial charge in [0, 0.05) is 68.5 Å². The van der Waals surface area contributed by atoms with Gasteiger partial charge < -0.3 is 24.7 Å². The second kappa shape index (κ2) is 9.85. The molecule has 0 radical (unpaired) electrons. The summed E-state index contributed by atoms with van der Waals surface area (Å²) in [6.45, 7) is 5.25. The van der Waals surface area contributed by atoms with Crippen LogP contribution in [-0.4, -0.2) is 84.3 Å². The minimum absolute atomic E-state index is 0.202. The van der Waals surface area contributed by atoms with Gasteiger partial charge in [-0.1, -0.05) is 12.2 Å². The third-order valence-corrected chi connectivity index (χ3v) is 8.04. The summed E-state index contributed by atoms with van der Waals surface area (Å²) in [5.41, 5.74) is 3.50. The van der Waals surface area contributed by atoms with E-state index in [1.165, 1.54) is 5.06 Å². The van der Waals surface area contributed by atoms with Crippen molar-refractivity contribution < 1.29 is 24.5 Å². The zero-order chi connectivity index (χ0) is 26.4. The number of methoxy groups -OCH3 is 1. The van der Waals surface area contributed by atoms with Crippen molar-refractivity contribution in [3.8, 4) is 17.2 Å². The molecule has 200 valence electrons. The van der Waals surface area contributed by atoms with Gasteiger partial charge in [-0.25, -0.2) is 4.39 Å². The maximum Gasteiger partial charge on any atom is 0.197 e. The number of phenolic OH excluding ortho intramolecular Hbond substituents is 2. The Labute approximate surface area is 220 Å². The fourth-order valence-corrected chi connectivity index (χ4v) is 6.06. The van der Waals surface area contributed by atoms with Crippen molar-refractivity contribution in [1.29, 1.82) is 0 Å². The second-order valence-corrected chi connectivity index (χ2v) is 10.1. The zero-order valence-corrected chi connectivity index (χ0v) is 21.3. The molecule has 0 spiro atoms. The molecule has 2 fully saturated rings. The molecule has 3 aromatic rings. The van der Waals surface area contributed by atoms with Crippen LogP contribution in [0.15, 0.2) is 36.5 Å². The molecule has 3 N–H and O–H groups in total. The molecule has 3 aliphatic heterocycles. The normalized spacial score (nSPS) is 18.8. The maximum absolute atomic E-state index is 14.5. The fraction of sp³-hybridized carbons (Fsp3) is 0.393. The molecule has 2 saturated heterocycles. The van der Waals surface area contributed by atoms with E-state index >= 15 is 0 Å². The van der Waals surface area contributed by atoms with Crippen molar-refractivity contribution in [3.05, 3.63) is 47.9 Å². The summed E-state index contributed by atoms with van der Waals surface area (Å²) in [7, 11) is 1.66. The molecule has 0 aliphatic carbocycles. The summed E-state index contributed by atoms with van der Waals surface area (Å²) in [5.74, 6) is -1.25. The number of rotatable bonds is 4. The Bertz CT molecular complexity index is 1380. The van der Waals surface area contributed by atoms with E-state index < -0.39 is 17.3 Å². The highest BCUT2D eigenvalue weighted by atomic mass is 19.1. The maximum atomic E-state index is 14.5. The number of aromatic hydroxyl groups is 2. The number of hydroxylamine groups is 1. The molecule has 0 unspecified atom stereocenters. The summed E-state index contributed by atoms with van der Waals surface area (Å²) < 4.78 is 20.0. The van der Waals surface area contributed by atoms with Crippen LogP contribution < -0.4 is 19.6 Å². The van der Waals surface area contributed by atoms with Crippen LogP contribution in [0.3, 0.4) is 0 Å². The molecule has 0 bridgehead atoms. The predicted octanol–water partition coefficient (Wildman–Crippen LogP) is 3.81. The Morgan fingerprint density at radius 1 is 0.974 bits per heavy atom. The Balaban J connectivity index is 1.14. The number of pyridine rings is 1. The first kappa shape index (κ1) is 24.6. The summed E-state index contributed by atoms with van der Waals surface area (Å²) >= 11 is 0. The Kier molecular flexibility index (Phi) is 6.37. The number of piperidine rings is 1. The van der Waals surface area contributed by atoms with Gasteiger partial charge in [0.1, 0.15) is 17.0 Å². The smallest absolute Gasteiger partial charge is 0.197 e. The van der Waals surface area contributed by atoms with Crippen LogP contribution in [0, 0.1) is 5.82 Å². The SMILES string of the molecule is COc1cc2c(c(N3CCN(C4CCN(c5c(O)c(O)c(F)c6cccnc56)CC4)CC3)c1)N(O)CC=C2. The van der Waals surface area contributed by atoms with Gasteiger partial charge in [-0.2, -0.15) is 0 Å².